The van der Waals surface area contributed by atoms with Crippen molar-refractivity contribution in [3.63, 3.8) is 0 Å². The Balaban J connectivity index is 1.77. The van der Waals surface area contributed by atoms with Gasteiger partial charge in [-0.3, -0.25) is 15.0 Å². The molecule has 0 radical (unpaired) electrons. The van der Waals surface area contributed by atoms with Gasteiger partial charge >= 0.3 is 0 Å². The fourth-order valence-corrected chi connectivity index (χ4v) is 2.33. The molecule has 0 unspecified atom stereocenters. The second-order valence-electron chi connectivity index (χ2n) is 5.83. The van der Waals surface area contributed by atoms with Crippen LogP contribution >= 0.6 is 0 Å². The lowest BCUT2D eigenvalue weighted by Gasteiger charge is -2.08. The van der Waals surface area contributed by atoms with Crippen molar-refractivity contribution in [2.24, 2.45) is 0 Å². The number of benzene rings is 2. The molecule has 5 heteroatoms. The zero-order valence-corrected chi connectivity index (χ0v) is 14.5. The maximum Gasteiger partial charge on any atom is 0.265 e. The Labute approximate surface area is 148 Å². The van der Waals surface area contributed by atoms with E-state index in [2.05, 4.69) is 23.1 Å². The van der Waals surface area contributed by atoms with Crippen LogP contribution in [0.5, 0.6) is 0 Å². The minimum absolute atomic E-state index is 0.112. The summed E-state index contributed by atoms with van der Waals surface area (Å²) in [5.74, 6) is -0.268. The summed E-state index contributed by atoms with van der Waals surface area (Å²) in [6.07, 6.45) is 3.33. The molecule has 25 heavy (non-hydrogen) atoms. The van der Waals surface area contributed by atoms with Gasteiger partial charge in [0.15, 0.2) is 0 Å². The summed E-state index contributed by atoms with van der Waals surface area (Å²) in [7, 11) is 0. The van der Waals surface area contributed by atoms with Crippen molar-refractivity contribution in [2.75, 3.05) is 6.54 Å². The number of carbonyl (C=O) groups is 2. The third kappa shape index (κ3) is 6.39. The van der Waals surface area contributed by atoms with Crippen LogP contribution in [0.3, 0.4) is 0 Å². The van der Waals surface area contributed by atoms with Crippen LogP contribution in [-0.4, -0.2) is 18.4 Å². The maximum absolute atomic E-state index is 12.0. The monoisotopic (exact) mass is 339 g/mol. The summed E-state index contributed by atoms with van der Waals surface area (Å²) in [6, 6.07) is 16.3. The highest BCUT2D eigenvalue weighted by atomic mass is 16.2. The number of nitrogens with one attached hydrogen (secondary N) is 3. The molecule has 2 amide bonds. The number of amides is 2. The van der Waals surface area contributed by atoms with Crippen molar-refractivity contribution in [1.82, 2.24) is 16.2 Å². The average Bonchev–Trinajstić information content (AvgIpc) is 2.67. The molecular formula is C20H25N3O2. The summed E-state index contributed by atoms with van der Waals surface area (Å²) in [5.41, 5.74) is 7.78. The van der Waals surface area contributed by atoms with Crippen molar-refractivity contribution in [3.05, 3.63) is 71.3 Å². The summed E-state index contributed by atoms with van der Waals surface area (Å²) in [5, 5.41) is 2.87. The molecule has 3 N–H and O–H groups in total. The highest BCUT2D eigenvalue weighted by Crippen LogP contribution is 2.05. The summed E-state index contributed by atoms with van der Waals surface area (Å²) < 4.78 is 0. The largest absolute Gasteiger partial charge is 0.348 e. The van der Waals surface area contributed by atoms with E-state index in [1.165, 1.54) is 0 Å². The van der Waals surface area contributed by atoms with Crippen molar-refractivity contribution in [1.29, 1.82) is 0 Å². The minimum atomic E-state index is -0.156. The van der Waals surface area contributed by atoms with Gasteiger partial charge in [0.05, 0.1) is 0 Å². The molecule has 2 aromatic rings. The first-order chi connectivity index (χ1) is 12.2. The molecule has 0 fully saturated rings. The van der Waals surface area contributed by atoms with Gasteiger partial charge in [0.25, 0.3) is 11.8 Å². The Bertz CT molecular complexity index is 669. The van der Waals surface area contributed by atoms with Gasteiger partial charge in [-0.1, -0.05) is 50.1 Å². The van der Waals surface area contributed by atoms with Gasteiger partial charge in [-0.25, -0.2) is 5.43 Å². The Kier molecular flexibility index (Phi) is 7.66. The number of hydrogen-bond donors (Lipinski definition) is 3. The van der Waals surface area contributed by atoms with Crippen molar-refractivity contribution < 1.29 is 9.59 Å². The first kappa shape index (κ1) is 18.7. The van der Waals surface area contributed by atoms with Crippen LogP contribution in [0.2, 0.25) is 0 Å². The van der Waals surface area contributed by atoms with Crippen molar-refractivity contribution >= 4 is 11.8 Å². The van der Waals surface area contributed by atoms with E-state index in [0.717, 1.165) is 31.4 Å². The van der Waals surface area contributed by atoms with Crippen LogP contribution in [0.15, 0.2) is 54.6 Å². The predicted molar refractivity (Wildman–Crippen MR) is 99.0 cm³/mol. The Hall–Kier alpha value is -2.66. The van der Waals surface area contributed by atoms with Gasteiger partial charge in [0, 0.05) is 24.2 Å². The topological polar surface area (TPSA) is 70.2 Å². The van der Waals surface area contributed by atoms with E-state index in [9.17, 15) is 9.59 Å². The molecule has 0 aliphatic heterocycles. The lowest BCUT2D eigenvalue weighted by Crippen LogP contribution is -2.37. The Morgan fingerprint density at radius 1 is 0.840 bits per heavy atom. The van der Waals surface area contributed by atoms with E-state index in [1.807, 2.05) is 30.3 Å². The SMILES string of the molecule is CCCCCNNC(=O)c1ccc(CNC(=O)c2ccccc2)cc1. The molecule has 0 heterocycles. The zero-order chi connectivity index (χ0) is 17.9. The predicted octanol–water partition coefficient (Wildman–Crippen LogP) is 3.04. The van der Waals surface area contributed by atoms with Gasteiger partial charge in [-0.05, 0) is 36.2 Å². The van der Waals surface area contributed by atoms with Crippen molar-refractivity contribution in [3.8, 4) is 0 Å². The first-order valence-electron chi connectivity index (χ1n) is 8.66. The standard InChI is InChI=1S/C20H25N3O2/c1-2-3-7-14-22-23-20(25)18-12-10-16(11-13-18)15-21-19(24)17-8-5-4-6-9-17/h4-6,8-13,22H,2-3,7,14-15H2,1H3,(H,21,24)(H,23,25). The molecule has 0 bridgehead atoms. The summed E-state index contributed by atoms with van der Waals surface area (Å²) in [4.78, 5) is 24.0. The highest BCUT2D eigenvalue weighted by Gasteiger charge is 2.06. The second kappa shape index (κ2) is 10.3. The van der Waals surface area contributed by atoms with Gasteiger partial charge in [0.1, 0.15) is 0 Å². The smallest absolute Gasteiger partial charge is 0.265 e. The fourth-order valence-electron chi connectivity index (χ4n) is 2.33. The van der Waals surface area contributed by atoms with E-state index in [0.29, 0.717) is 17.7 Å². The molecule has 2 aromatic carbocycles. The van der Waals surface area contributed by atoms with E-state index in [-0.39, 0.29) is 11.8 Å². The number of rotatable bonds is 9. The van der Waals surface area contributed by atoms with Crippen LogP contribution in [0.25, 0.3) is 0 Å². The molecule has 0 saturated carbocycles. The average molecular weight is 339 g/mol. The molecule has 0 aliphatic carbocycles. The molecular weight excluding hydrogens is 314 g/mol. The summed E-state index contributed by atoms with van der Waals surface area (Å²) in [6.45, 7) is 3.33. The van der Waals surface area contributed by atoms with Crippen molar-refractivity contribution in [2.45, 2.75) is 32.7 Å². The summed E-state index contributed by atoms with van der Waals surface area (Å²) >= 11 is 0. The van der Waals surface area contributed by atoms with E-state index in [4.69, 9.17) is 0 Å². The molecule has 0 aromatic heterocycles. The Morgan fingerprint density at radius 2 is 1.52 bits per heavy atom. The first-order valence-corrected chi connectivity index (χ1v) is 8.66. The number of unbranched alkanes of at least 4 members (excludes halogenated alkanes) is 2. The van der Waals surface area contributed by atoms with E-state index < -0.39 is 0 Å². The van der Waals surface area contributed by atoms with Gasteiger partial charge in [-0.2, -0.15) is 0 Å². The van der Waals surface area contributed by atoms with Gasteiger partial charge in [0.2, 0.25) is 0 Å². The normalized spacial score (nSPS) is 10.3. The maximum atomic E-state index is 12.0. The number of hydrogen-bond acceptors (Lipinski definition) is 3. The third-order valence-electron chi connectivity index (χ3n) is 3.81. The zero-order valence-electron chi connectivity index (χ0n) is 14.5. The molecule has 0 aliphatic rings. The Morgan fingerprint density at radius 3 is 2.20 bits per heavy atom. The second-order valence-corrected chi connectivity index (χ2v) is 5.83. The molecule has 2 rings (SSSR count). The quantitative estimate of drug-likeness (QED) is 0.486. The van der Waals surface area contributed by atoms with Crippen LogP contribution in [0, 0.1) is 0 Å². The lowest BCUT2D eigenvalue weighted by atomic mass is 10.1. The highest BCUT2D eigenvalue weighted by molar-refractivity contribution is 5.94. The lowest BCUT2D eigenvalue weighted by molar-refractivity contribution is 0.0929. The van der Waals surface area contributed by atoms with E-state index >= 15 is 0 Å². The van der Waals surface area contributed by atoms with Gasteiger partial charge in [-0.15, -0.1) is 0 Å². The van der Waals surface area contributed by atoms with Crippen LogP contribution < -0.4 is 16.2 Å². The number of carbonyl (C=O) groups excluding carboxylic acids is 2. The molecule has 0 atom stereocenters. The van der Waals surface area contributed by atoms with Crippen LogP contribution in [0.4, 0.5) is 0 Å². The van der Waals surface area contributed by atoms with Crippen LogP contribution in [-0.2, 0) is 6.54 Å². The molecule has 0 saturated heterocycles. The molecule has 132 valence electrons. The molecule has 5 nitrogen and oxygen atoms in total. The van der Waals surface area contributed by atoms with Crippen LogP contribution in [0.1, 0.15) is 52.5 Å². The third-order valence-corrected chi connectivity index (χ3v) is 3.81. The van der Waals surface area contributed by atoms with Gasteiger partial charge < -0.3 is 5.32 Å². The fraction of sp³-hybridized carbons (Fsp3) is 0.300. The molecule has 0 spiro atoms. The van der Waals surface area contributed by atoms with E-state index in [1.54, 1.807) is 24.3 Å². The number of hydrazine groups is 1. The minimum Gasteiger partial charge on any atom is -0.348 e.